The van der Waals surface area contributed by atoms with E-state index in [-0.39, 0.29) is 24.0 Å². The molecule has 1 aromatic rings. The van der Waals surface area contributed by atoms with E-state index >= 15 is 0 Å². The Morgan fingerprint density at radius 3 is 2.67 bits per heavy atom. The van der Waals surface area contributed by atoms with E-state index in [1.807, 2.05) is 4.90 Å². The molecule has 0 radical (unpaired) electrons. The molecule has 2 saturated heterocycles. The maximum Gasteiger partial charge on any atom is 0.256 e. The summed E-state index contributed by atoms with van der Waals surface area (Å²) in [7, 11) is 0. The van der Waals surface area contributed by atoms with Crippen LogP contribution in [0.3, 0.4) is 0 Å². The summed E-state index contributed by atoms with van der Waals surface area (Å²) in [5, 5.41) is 0.823. The zero-order valence-electron chi connectivity index (χ0n) is 15.2. The van der Waals surface area contributed by atoms with Gasteiger partial charge in [-0.25, -0.2) is 0 Å². The first-order valence-electron chi connectivity index (χ1n) is 9.74. The van der Waals surface area contributed by atoms with Crippen molar-refractivity contribution in [3.05, 3.63) is 33.8 Å². The molecule has 3 fully saturated rings. The first kappa shape index (κ1) is 19.0. The summed E-state index contributed by atoms with van der Waals surface area (Å²) in [5.41, 5.74) is 0.362. The molecule has 0 unspecified atom stereocenters. The monoisotopic (exact) mass is 410 g/mol. The maximum absolute atomic E-state index is 13.4. The molecule has 2 heterocycles. The van der Waals surface area contributed by atoms with Gasteiger partial charge in [-0.2, -0.15) is 0 Å². The molecule has 7 heteroatoms. The summed E-state index contributed by atoms with van der Waals surface area (Å²) in [6, 6.07) is 4.58. The molecule has 146 valence electrons. The van der Waals surface area contributed by atoms with Gasteiger partial charge in [0, 0.05) is 18.1 Å². The lowest BCUT2D eigenvalue weighted by atomic mass is 9.89. The van der Waals surface area contributed by atoms with E-state index in [1.165, 1.54) is 0 Å². The van der Waals surface area contributed by atoms with Crippen molar-refractivity contribution in [2.75, 3.05) is 19.7 Å². The molecular formula is C20H24Cl2N2O3. The lowest BCUT2D eigenvalue weighted by Gasteiger charge is -2.45. The fourth-order valence-corrected chi connectivity index (χ4v) is 5.01. The van der Waals surface area contributed by atoms with Gasteiger partial charge in [0.2, 0.25) is 5.91 Å². The number of carbonyl (C=O) groups excluding carboxylic acids is 2. The number of nitrogens with zero attached hydrogens (tertiary/aromatic N) is 2. The Hall–Kier alpha value is -1.30. The van der Waals surface area contributed by atoms with Crippen LogP contribution < -0.4 is 0 Å². The highest BCUT2D eigenvalue weighted by molar-refractivity contribution is 6.35. The molecule has 1 aliphatic carbocycles. The van der Waals surface area contributed by atoms with Gasteiger partial charge in [-0.3, -0.25) is 9.59 Å². The summed E-state index contributed by atoms with van der Waals surface area (Å²) >= 11 is 12.3. The summed E-state index contributed by atoms with van der Waals surface area (Å²) in [4.78, 5) is 30.1. The normalized spacial score (nSPS) is 28.1. The Kier molecular flexibility index (Phi) is 5.62. The zero-order valence-corrected chi connectivity index (χ0v) is 16.7. The Morgan fingerprint density at radius 1 is 1.00 bits per heavy atom. The highest BCUT2D eigenvalue weighted by atomic mass is 35.5. The van der Waals surface area contributed by atoms with Crippen LogP contribution in [0.15, 0.2) is 18.2 Å². The van der Waals surface area contributed by atoms with Crippen molar-refractivity contribution < 1.29 is 14.3 Å². The zero-order chi connectivity index (χ0) is 19.0. The second kappa shape index (κ2) is 7.98. The van der Waals surface area contributed by atoms with E-state index in [0.717, 1.165) is 32.1 Å². The molecule has 0 spiro atoms. The third-order valence-corrected chi connectivity index (χ3v) is 6.54. The summed E-state index contributed by atoms with van der Waals surface area (Å²) < 4.78 is 5.89. The van der Waals surface area contributed by atoms with Crippen LogP contribution in [-0.2, 0) is 9.53 Å². The number of carbonyl (C=O) groups is 2. The number of amides is 2. The molecule has 27 heavy (non-hydrogen) atoms. The lowest BCUT2D eigenvalue weighted by molar-refractivity contribution is -0.153. The molecule has 0 bridgehead atoms. The first-order chi connectivity index (χ1) is 13.1. The molecule has 1 aromatic carbocycles. The molecular weight excluding hydrogens is 387 g/mol. The molecule has 3 atom stereocenters. The van der Waals surface area contributed by atoms with Gasteiger partial charge in [0.05, 0.1) is 29.3 Å². The highest BCUT2D eigenvalue weighted by Gasteiger charge is 2.43. The van der Waals surface area contributed by atoms with Crippen LogP contribution in [0.2, 0.25) is 10.0 Å². The van der Waals surface area contributed by atoms with Gasteiger partial charge < -0.3 is 14.5 Å². The quantitative estimate of drug-likeness (QED) is 0.745. The minimum Gasteiger partial charge on any atom is -0.374 e. The van der Waals surface area contributed by atoms with Gasteiger partial charge in [-0.1, -0.05) is 36.0 Å². The van der Waals surface area contributed by atoms with Crippen LogP contribution in [0.25, 0.3) is 0 Å². The molecule has 0 aromatic heterocycles. The number of fused-ring (bicyclic) bond motifs is 1. The summed E-state index contributed by atoms with van der Waals surface area (Å²) in [6.45, 7) is 1.75. The molecule has 2 aliphatic heterocycles. The van der Waals surface area contributed by atoms with Crippen LogP contribution in [0, 0.1) is 0 Å². The van der Waals surface area contributed by atoms with Gasteiger partial charge in [-0.15, -0.1) is 0 Å². The number of likely N-dealkylation sites (tertiary alicyclic amines) is 1. The van der Waals surface area contributed by atoms with E-state index in [1.54, 1.807) is 23.1 Å². The van der Waals surface area contributed by atoms with Crippen molar-refractivity contribution in [1.82, 2.24) is 9.80 Å². The van der Waals surface area contributed by atoms with Crippen LogP contribution in [0.5, 0.6) is 0 Å². The average Bonchev–Trinajstić information content (AvgIpc) is 3.18. The van der Waals surface area contributed by atoms with Crippen molar-refractivity contribution >= 4 is 35.0 Å². The second-order valence-corrected chi connectivity index (χ2v) is 8.42. The molecule has 1 saturated carbocycles. The number of hydrogen-bond donors (Lipinski definition) is 0. The van der Waals surface area contributed by atoms with Crippen molar-refractivity contribution in [3.8, 4) is 0 Å². The van der Waals surface area contributed by atoms with Gasteiger partial charge in [0.15, 0.2) is 0 Å². The molecule has 2 amide bonds. The highest BCUT2D eigenvalue weighted by Crippen LogP contribution is 2.32. The Bertz CT molecular complexity index is 740. The third-order valence-electron chi connectivity index (χ3n) is 5.97. The fraction of sp³-hybridized carbons (Fsp3) is 0.600. The summed E-state index contributed by atoms with van der Waals surface area (Å²) in [6.07, 6.45) is 5.93. The topological polar surface area (TPSA) is 49.9 Å². The molecule has 3 aliphatic rings. The van der Waals surface area contributed by atoms with Gasteiger partial charge in [0.1, 0.15) is 6.04 Å². The Balaban J connectivity index is 1.54. The van der Waals surface area contributed by atoms with E-state index in [4.69, 9.17) is 27.9 Å². The van der Waals surface area contributed by atoms with E-state index in [9.17, 15) is 9.59 Å². The van der Waals surface area contributed by atoms with Crippen molar-refractivity contribution in [2.24, 2.45) is 0 Å². The number of hydrogen-bond acceptors (Lipinski definition) is 3. The fourth-order valence-electron chi connectivity index (χ4n) is 4.64. The maximum atomic E-state index is 13.4. The van der Waals surface area contributed by atoms with E-state index in [0.29, 0.717) is 41.7 Å². The first-order valence-corrected chi connectivity index (χ1v) is 10.5. The van der Waals surface area contributed by atoms with Crippen molar-refractivity contribution in [1.29, 1.82) is 0 Å². The van der Waals surface area contributed by atoms with Crippen LogP contribution >= 0.6 is 23.2 Å². The number of morpholine rings is 1. The van der Waals surface area contributed by atoms with Crippen LogP contribution in [0.4, 0.5) is 0 Å². The number of halogens is 2. The summed E-state index contributed by atoms with van der Waals surface area (Å²) in [5.74, 6) is -0.161. The number of ether oxygens (including phenoxy) is 1. The minimum atomic E-state index is -0.423. The van der Waals surface area contributed by atoms with Crippen LogP contribution in [0.1, 0.15) is 48.9 Å². The van der Waals surface area contributed by atoms with Gasteiger partial charge in [-0.05, 0) is 43.9 Å². The standard InChI is InChI=1S/C20H24Cl2N2O3/c21-13-7-8-15(22)14(12-13)19(25)23-9-3-5-17(23)20(26)24-10-11-27-18-6-2-1-4-16(18)24/h7-8,12,16-18H,1-6,9-11H2/t16-,17-,18-/m1/s1. The largest absolute Gasteiger partial charge is 0.374 e. The van der Waals surface area contributed by atoms with E-state index < -0.39 is 6.04 Å². The molecule has 5 nitrogen and oxygen atoms in total. The Morgan fingerprint density at radius 2 is 1.81 bits per heavy atom. The molecule has 4 rings (SSSR count). The Labute approximate surface area is 169 Å². The average molecular weight is 411 g/mol. The predicted octanol–water partition coefficient (Wildman–Crippen LogP) is 3.77. The SMILES string of the molecule is O=C(c1cc(Cl)ccc1Cl)N1CCC[C@@H]1C(=O)N1CCO[C@@H]2CCCC[C@H]21. The number of benzene rings is 1. The van der Waals surface area contributed by atoms with Crippen molar-refractivity contribution in [2.45, 2.75) is 56.7 Å². The smallest absolute Gasteiger partial charge is 0.256 e. The van der Waals surface area contributed by atoms with Crippen molar-refractivity contribution in [3.63, 3.8) is 0 Å². The third kappa shape index (κ3) is 3.69. The lowest BCUT2D eigenvalue weighted by Crippen LogP contribution is -2.59. The van der Waals surface area contributed by atoms with Gasteiger partial charge >= 0.3 is 0 Å². The molecule has 0 N–H and O–H groups in total. The predicted molar refractivity (Wildman–Crippen MR) is 104 cm³/mol. The number of rotatable bonds is 2. The van der Waals surface area contributed by atoms with Gasteiger partial charge in [0.25, 0.3) is 5.91 Å². The van der Waals surface area contributed by atoms with Crippen LogP contribution in [-0.4, -0.2) is 59.5 Å². The second-order valence-electron chi connectivity index (χ2n) is 7.57. The minimum absolute atomic E-state index is 0.0548. The van der Waals surface area contributed by atoms with E-state index in [2.05, 4.69) is 0 Å².